The summed E-state index contributed by atoms with van der Waals surface area (Å²) in [5, 5.41) is 12.1. The summed E-state index contributed by atoms with van der Waals surface area (Å²) in [7, 11) is 0. The van der Waals surface area contributed by atoms with Gasteiger partial charge in [0, 0.05) is 21.8 Å². The Bertz CT molecular complexity index is 2330. The van der Waals surface area contributed by atoms with Gasteiger partial charge in [-0.2, -0.15) is 72.9 Å². The number of hydrogen-bond donors (Lipinski definition) is 0. The van der Waals surface area contributed by atoms with Crippen molar-refractivity contribution in [1.82, 2.24) is 19.6 Å². The van der Waals surface area contributed by atoms with Crippen LogP contribution in [0.1, 0.15) is 36.4 Å². The van der Waals surface area contributed by atoms with Gasteiger partial charge in [0.1, 0.15) is 0 Å². The van der Waals surface area contributed by atoms with Crippen molar-refractivity contribution in [3.05, 3.63) is 120 Å². The molecule has 0 spiro atoms. The van der Waals surface area contributed by atoms with Gasteiger partial charge in [0.15, 0.2) is 0 Å². The number of fused-ring (bicyclic) bond motifs is 6. The Morgan fingerprint density at radius 2 is 0.958 bits per heavy atom. The number of benzene rings is 4. The summed E-state index contributed by atoms with van der Waals surface area (Å²) in [6.07, 6.45) is -5.47. The molecular formula is C35H20F6N4PtS2. The van der Waals surface area contributed by atoms with Gasteiger partial charge in [-0.05, 0) is 69.7 Å². The summed E-state index contributed by atoms with van der Waals surface area (Å²) in [4.78, 5) is 0. The maximum absolute atomic E-state index is 13.8. The van der Waals surface area contributed by atoms with Crippen LogP contribution in [0.2, 0.25) is 0 Å². The van der Waals surface area contributed by atoms with Crippen molar-refractivity contribution in [3.63, 3.8) is 0 Å². The molecule has 4 nitrogen and oxygen atoms in total. The quantitative estimate of drug-likeness (QED) is 0.130. The maximum atomic E-state index is 13.8. The van der Waals surface area contributed by atoms with Crippen LogP contribution < -0.4 is 0 Å². The number of alkyl halides is 6. The van der Waals surface area contributed by atoms with Gasteiger partial charge in [-0.15, -0.1) is 10.8 Å². The van der Waals surface area contributed by atoms with E-state index in [1.54, 1.807) is 58.2 Å². The van der Waals surface area contributed by atoms with Gasteiger partial charge in [0.2, 0.25) is 0 Å². The Balaban J connectivity index is 0.00000364. The Morgan fingerprint density at radius 1 is 0.562 bits per heavy atom. The molecule has 8 rings (SSSR count). The second-order valence-corrected chi connectivity index (χ2v) is 13.7. The molecule has 0 aliphatic heterocycles. The van der Waals surface area contributed by atoms with E-state index in [0.717, 1.165) is 34.8 Å². The predicted molar refractivity (Wildman–Crippen MR) is 173 cm³/mol. The molecule has 0 saturated heterocycles. The Hall–Kier alpha value is -3.99. The van der Waals surface area contributed by atoms with Crippen LogP contribution in [0.15, 0.2) is 85.2 Å². The third-order valence-electron chi connectivity index (χ3n) is 8.41. The zero-order valence-corrected chi connectivity index (χ0v) is 28.7. The van der Waals surface area contributed by atoms with Crippen LogP contribution in [-0.2, 0) is 38.8 Å². The number of halogens is 6. The normalized spacial score (nSPS) is 12.8. The minimum absolute atomic E-state index is 0. The molecule has 0 atom stereocenters. The first-order valence-electron chi connectivity index (χ1n) is 14.3. The molecule has 4 heterocycles. The van der Waals surface area contributed by atoms with E-state index in [9.17, 15) is 26.3 Å². The Kier molecular flexibility index (Phi) is 7.65. The average Bonchev–Trinajstić information content (AvgIpc) is 3.83. The van der Waals surface area contributed by atoms with Crippen molar-refractivity contribution in [2.24, 2.45) is 0 Å². The van der Waals surface area contributed by atoms with E-state index in [1.165, 1.54) is 12.1 Å². The van der Waals surface area contributed by atoms with Crippen molar-refractivity contribution in [3.8, 4) is 11.4 Å². The minimum atomic E-state index is -4.48. The fourth-order valence-electron chi connectivity index (χ4n) is 5.98. The number of aromatic nitrogens is 4. The number of rotatable bonds is 4. The van der Waals surface area contributed by atoms with Gasteiger partial charge in [0.05, 0.1) is 27.9 Å². The van der Waals surface area contributed by atoms with Gasteiger partial charge < -0.3 is 0 Å². The largest absolute Gasteiger partial charge is 2.00 e. The fraction of sp³-hybridized carbons (Fsp3) is 0.143. The predicted octanol–water partition coefficient (Wildman–Crippen LogP) is 10.8. The summed E-state index contributed by atoms with van der Waals surface area (Å²) in [6.45, 7) is 3.90. The fourth-order valence-corrected chi connectivity index (χ4v) is 8.63. The minimum Gasteiger partial charge on any atom is -0.264 e. The molecule has 0 fully saturated rings. The smallest absolute Gasteiger partial charge is 0.264 e. The Labute approximate surface area is 291 Å². The molecule has 0 N–H and O–H groups in total. The van der Waals surface area contributed by atoms with E-state index in [4.69, 9.17) is 10.2 Å². The van der Waals surface area contributed by atoms with E-state index in [0.29, 0.717) is 53.7 Å². The molecule has 0 unspecified atom stereocenters. The standard InChI is InChI=1S/C35H20F6N4S2.Pt/c1-33(2,27-15-17-44(42-27)25-13-5-9-21-19-7-3-11-23(34(36,37)38)29(19)46-31(21)25)28-16-18-45(43-28)26-14-6-10-22-20-8-4-12-24(35(39,40)41)30(20)47-32(22)26;/h3-12,15-18H,1-2H3;/q-2;+2. The number of hydrogen-bond acceptors (Lipinski definition) is 4. The van der Waals surface area contributed by atoms with Crippen molar-refractivity contribution in [2.75, 3.05) is 0 Å². The second-order valence-electron chi connectivity index (χ2n) is 11.6. The molecule has 0 aliphatic carbocycles. The summed E-state index contributed by atoms with van der Waals surface area (Å²) < 4.78 is 87.6. The van der Waals surface area contributed by atoms with Crippen LogP contribution in [-0.4, -0.2) is 19.6 Å². The first kappa shape index (κ1) is 32.6. The molecular weight excluding hydrogens is 850 g/mol. The topological polar surface area (TPSA) is 35.6 Å². The van der Waals surface area contributed by atoms with Crippen LogP contribution >= 0.6 is 22.7 Å². The van der Waals surface area contributed by atoms with Crippen molar-refractivity contribution < 1.29 is 47.4 Å². The zero-order valence-electron chi connectivity index (χ0n) is 24.8. The average molecular weight is 870 g/mol. The molecule has 244 valence electrons. The van der Waals surface area contributed by atoms with Gasteiger partial charge in [-0.25, -0.2) is 22.7 Å². The van der Waals surface area contributed by atoms with E-state index in [2.05, 4.69) is 12.1 Å². The SMILES string of the molecule is CC(C)(c1ccn(-c2[c-]ccc3c2sc2c(C(F)(F)F)cccc23)n1)c1ccn(-c2[c-]ccc3c2sc2c(C(F)(F)F)cccc23)n1.[Pt+2]. The van der Waals surface area contributed by atoms with Gasteiger partial charge in [0.25, 0.3) is 0 Å². The molecule has 13 heteroatoms. The zero-order chi connectivity index (χ0) is 32.9. The van der Waals surface area contributed by atoms with Gasteiger partial charge in [-0.1, -0.05) is 24.3 Å². The van der Waals surface area contributed by atoms with Crippen molar-refractivity contribution >= 4 is 63.0 Å². The summed E-state index contributed by atoms with van der Waals surface area (Å²) >= 11 is 2.12. The maximum Gasteiger partial charge on any atom is 2.00 e. The van der Waals surface area contributed by atoms with E-state index in [-0.39, 0.29) is 30.5 Å². The molecule has 4 aromatic carbocycles. The molecule has 4 aromatic heterocycles. The summed E-state index contributed by atoms with van der Waals surface area (Å²) in [5.41, 5.74) is 0.315. The first-order chi connectivity index (χ1) is 22.3. The molecule has 8 aromatic rings. The molecule has 0 amide bonds. The van der Waals surface area contributed by atoms with Crippen LogP contribution in [0.3, 0.4) is 0 Å². The number of thiophene rings is 2. The first-order valence-corrected chi connectivity index (χ1v) is 15.9. The second kappa shape index (κ2) is 11.3. The Morgan fingerprint density at radius 3 is 1.35 bits per heavy atom. The van der Waals surface area contributed by atoms with Crippen LogP contribution in [0, 0.1) is 12.1 Å². The summed E-state index contributed by atoms with van der Waals surface area (Å²) in [6, 6.07) is 25.2. The van der Waals surface area contributed by atoms with Crippen molar-refractivity contribution in [1.29, 1.82) is 0 Å². The summed E-state index contributed by atoms with van der Waals surface area (Å²) in [5.74, 6) is 0. The van der Waals surface area contributed by atoms with Crippen LogP contribution in [0.4, 0.5) is 26.3 Å². The number of nitrogens with zero attached hydrogens (tertiary/aromatic N) is 4. The molecule has 48 heavy (non-hydrogen) atoms. The molecule has 0 bridgehead atoms. The van der Waals surface area contributed by atoms with E-state index >= 15 is 0 Å². The van der Waals surface area contributed by atoms with Crippen molar-refractivity contribution in [2.45, 2.75) is 31.6 Å². The third kappa shape index (κ3) is 5.07. The monoisotopic (exact) mass is 869 g/mol. The molecule has 0 saturated carbocycles. The van der Waals surface area contributed by atoms with Crippen LogP contribution in [0.25, 0.3) is 51.7 Å². The third-order valence-corrected chi connectivity index (χ3v) is 10.9. The van der Waals surface area contributed by atoms with Crippen LogP contribution in [0.5, 0.6) is 0 Å². The van der Waals surface area contributed by atoms with E-state index in [1.807, 2.05) is 26.0 Å². The molecule has 0 radical (unpaired) electrons. The molecule has 0 aliphatic rings. The van der Waals surface area contributed by atoms with Gasteiger partial charge >= 0.3 is 33.4 Å². The van der Waals surface area contributed by atoms with E-state index < -0.39 is 28.9 Å². The van der Waals surface area contributed by atoms with Gasteiger partial charge in [-0.3, -0.25) is 9.36 Å².